The molecule has 47 heavy (non-hydrogen) atoms. The van der Waals surface area contributed by atoms with Crippen LogP contribution in [0.25, 0.3) is 98.4 Å². The molecule has 10 rings (SSSR count). The highest BCUT2D eigenvalue weighted by molar-refractivity contribution is 6.23. The summed E-state index contributed by atoms with van der Waals surface area (Å²) in [7, 11) is 0. The van der Waals surface area contributed by atoms with Crippen molar-refractivity contribution in [2.45, 2.75) is 0 Å². The smallest absolute Gasteiger partial charge is 0.136 e. The second-order valence-electron chi connectivity index (χ2n) is 12.4. The molecule has 1 nitrogen and oxygen atoms in total. The second-order valence-corrected chi connectivity index (χ2v) is 12.4. The standard InChI is InChI=1S/C46H28O/c1-2-12-30-27-33(24-23-29(30)11-1)45-39-17-5-3-15-37(39)44(38-16-4-6-18-40(38)45)32-14-9-13-31(28-32)34-20-10-21-36-35(34)25-26-43-46(36)41-19-7-8-22-42(41)47-43/h1-28H. The van der Waals surface area contributed by atoms with Gasteiger partial charge in [-0.25, -0.2) is 0 Å². The van der Waals surface area contributed by atoms with E-state index in [2.05, 4.69) is 164 Å². The topological polar surface area (TPSA) is 13.1 Å². The van der Waals surface area contributed by atoms with E-state index in [4.69, 9.17) is 4.42 Å². The minimum atomic E-state index is 0.924. The van der Waals surface area contributed by atoms with Gasteiger partial charge in [0.1, 0.15) is 11.2 Å². The first-order chi connectivity index (χ1) is 23.3. The summed E-state index contributed by atoms with van der Waals surface area (Å²) in [5, 5.41) is 12.3. The molecule has 0 unspecified atom stereocenters. The van der Waals surface area contributed by atoms with Crippen molar-refractivity contribution < 1.29 is 4.42 Å². The summed E-state index contributed by atoms with van der Waals surface area (Å²) in [6.07, 6.45) is 0. The van der Waals surface area contributed by atoms with Crippen molar-refractivity contribution in [1.29, 1.82) is 0 Å². The zero-order valence-electron chi connectivity index (χ0n) is 25.6. The summed E-state index contributed by atoms with van der Waals surface area (Å²) >= 11 is 0. The lowest BCUT2D eigenvalue weighted by atomic mass is 9.85. The molecule has 0 spiro atoms. The van der Waals surface area contributed by atoms with Gasteiger partial charge in [-0.2, -0.15) is 0 Å². The van der Waals surface area contributed by atoms with Gasteiger partial charge in [-0.1, -0.05) is 146 Å². The van der Waals surface area contributed by atoms with Crippen LogP contribution in [0.5, 0.6) is 0 Å². The number of furan rings is 1. The minimum Gasteiger partial charge on any atom is -0.456 e. The fraction of sp³-hybridized carbons (Fsp3) is 0. The fourth-order valence-electron chi connectivity index (χ4n) is 7.77. The third kappa shape index (κ3) is 3.97. The molecule has 1 heterocycles. The van der Waals surface area contributed by atoms with Gasteiger partial charge in [-0.15, -0.1) is 0 Å². The van der Waals surface area contributed by atoms with Crippen LogP contribution < -0.4 is 0 Å². The molecule has 0 saturated heterocycles. The maximum atomic E-state index is 6.23. The maximum absolute atomic E-state index is 6.23. The highest BCUT2D eigenvalue weighted by Gasteiger charge is 2.18. The molecule has 0 aliphatic heterocycles. The van der Waals surface area contributed by atoms with E-state index >= 15 is 0 Å². The van der Waals surface area contributed by atoms with Gasteiger partial charge < -0.3 is 4.42 Å². The van der Waals surface area contributed by atoms with Crippen molar-refractivity contribution in [2.24, 2.45) is 0 Å². The quantitative estimate of drug-likeness (QED) is 0.185. The SMILES string of the molecule is c1cc(-c2c3ccccc3c(-c3ccc4ccccc4c3)c3ccccc23)cc(-c2cccc3c2ccc2oc4ccccc4c23)c1. The summed E-state index contributed by atoms with van der Waals surface area (Å²) in [5.41, 5.74) is 9.28. The Morgan fingerprint density at radius 2 is 0.872 bits per heavy atom. The van der Waals surface area contributed by atoms with E-state index in [1.807, 2.05) is 6.07 Å². The van der Waals surface area contributed by atoms with Gasteiger partial charge in [-0.3, -0.25) is 0 Å². The maximum Gasteiger partial charge on any atom is 0.136 e. The van der Waals surface area contributed by atoms with Gasteiger partial charge in [0.2, 0.25) is 0 Å². The molecule has 218 valence electrons. The zero-order chi connectivity index (χ0) is 30.9. The van der Waals surface area contributed by atoms with Crippen molar-refractivity contribution in [3.8, 4) is 33.4 Å². The third-order valence-corrected chi connectivity index (χ3v) is 9.83. The Kier molecular flexibility index (Phi) is 5.64. The Morgan fingerprint density at radius 3 is 1.62 bits per heavy atom. The Hall–Kier alpha value is -6.18. The molecule has 0 aliphatic rings. The van der Waals surface area contributed by atoms with Crippen molar-refractivity contribution in [1.82, 2.24) is 0 Å². The van der Waals surface area contributed by atoms with E-state index in [1.54, 1.807) is 0 Å². The summed E-state index contributed by atoms with van der Waals surface area (Å²) in [6.45, 7) is 0. The van der Waals surface area contributed by atoms with Crippen LogP contribution in [0.3, 0.4) is 0 Å². The van der Waals surface area contributed by atoms with E-state index in [-0.39, 0.29) is 0 Å². The van der Waals surface area contributed by atoms with E-state index in [0.717, 1.165) is 16.6 Å². The number of fused-ring (bicyclic) bond motifs is 8. The molecule has 0 saturated carbocycles. The fourth-order valence-corrected chi connectivity index (χ4v) is 7.77. The molecule has 1 heteroatoms. The first-order valence-electron chi connectivity index (χ1n) is 16.2. The lowest BCUT2D eigenvalue weighted by molar-refractivity contribution is 0.669. The van der Waals surface area contributed by atoms with Crippen LogP contribution in [-0.4, -0.2) is 0 Å². The van der Waals surface area contributed by atoms with Gasteiger partial charge in [0.25, 0.3) is 0 Å². The molecule has 0 radical (unpaired) electrons. The van der Waals surface area contributed by atoms with Crippen LogP contribution in [0.2, 0.25) is 0 Å². The number of para-hydroxylation sites is 1. The predicted molar refractivity (Wildman–Crippen MR) is 200 cm³/mol. The zero-order valence-corrected chi connectivity index (χ0v) is 25.6. The summed E-state index contributed by atoms with van der Waals surface area (Å²) in [4.78, 5) is 0. The number of hydrogen-bond acceptors (Lipinski definition) is 1. The first-order valence-corrected chi connectivity index (χ1v) is 16.2. The van der Waals surface area contributed by atoms with Crippen LogP contribution in [0.15, 0.2) is 174 Å². The Bertz CT molecular complexity index is 2800. The van der Waals surface area contributed by atoms with Gasteiger partial charge >= 0.3 is 0 Å². The van der Waals surface area contributed by atoms with E-state index in [0.29, 0.717) is 0 Å². The molecule has 0 N–H and O–H groups in total. The van der Waals surface area contributed by atoms with Crippen molar-refractivity contribution in [2.75, 3.05) is 0 Å². The molecule has 1 aromatic heterocycles. The lowest BCUT2D eigenvalue weighted by Crippen LogP contribution is -1.91. The monoisotopic (exact) mass is 596 g/mol. The highest BCUT2D eigenvalue weighted by Crippen LogP contribution is 2.45. The molecule has 0 atom stereocenters. The molecule has 0 amide bonds. The summed E-state index contributed by atoms with van der Waals surface area (Å²) in [5.74, 6) is 0. The van der Waals surface area contributed by atoms with Crippen LogP contribution in [0, 0.1) is 0 Å². The molecule has 10 aromatic rings. The Balaban J connectivity index is 1.22. The lowest BCUT2D eigenvalue weighted by Gasteiger charge is -2.18. The van der Waals surface area contributed by atoms with Gasteiger partial charge in [-0.05, 0) is 101 Å². The van der Waals surface area contributed by atoms with E-state index < -0.39 is 0 Å². The molecule has 0 aliphatic carbocycles. The number of benzene rings is 9. The summed E-state index contributed by atoms with van der Waals surface area (Å²) < 4.78 is 6.23. The average molecular weight is 597 g/mol. The highest BCUT2D eigenvalue weighted by atomic mass is 16.3. The molecule has 9 aromatic carbocycles. The van der Waals surface area contributed by atoms with Gasteiger partial charge in [0.05, 0.1) is 0 Å². The van der Waals surface area contributed by atoms with Crippen molar-refractivity contribution in [3.05, 3.63) is 170 Å². The van der Waals surface area contributed by atoms with E-state index in [9.17, 15) is 0 Å². The molecular formula is C46H28O. The second kappa shape index (κ2) is 10.2. The Labute approximate surface area is 271 Å². The van der Waals surface area contributed by atoms with E-state index in [1.165, 1.54) is 81.9 Å². The van der Waals surface area contributed by atoms with Crippen LogP contribution in [0.4, 0.5) is 0 Å². The van der Waals surface area contributed by atoms with Crippen LogP contribution >= 0.6 is 0 Å². The molecular weight excluding hydrogens is 569 g/mol. The molecule has 0 fully saturated rings. The van der Waals surface area contributed by atoms with Crippen molar-refractivity contribution >= 4 is 65.0 Å². The predicted octanol–water partition coefficient (Wildman–Crippen LogP) is 13.2. The minimum absolute atomic E-state index is 0.924. The Morgan fingerprint density at radius 1 is 0.298 bits per heavy atom. The van der Waals surface area contributed by atoms with Gasteiger partial charge in [0, 0.05) is 10.8 Å². The average Bonchev–Trinajstić information content (AvgIpc) is 3.53. The largest absolute Gasteiger partial charge is 0.456 e. The third-order valence-electron chi connectivity index (χ3n) is 9.83. The van der Waals surface area contributed by atoms with Gasteiger partial charge in [0.15, 0.2) is 0 Å². The first kappa shape index (κ1) is 26.1. The number of hydrogen-bond donors (Lipinski definition) is 0. The normalized spacial score (nSPS) is 11.8. The number of rotatable bonds is 3. The van der Waals surface area contributed by atoms with Crippen LogP contribution in [-0.2, 0) is 0 Å². The van der Waals surface area contributed by atoms with Crippen molar-refractivity contribution in [3.63, 3.8) is 0 Å². The molecule has 0 bridgehead atoms. The van der Waals surface area contributed by atoms with Crippen LogP contribution in [0.1, 0.15) is 0 Å². The summed E-state index contributed by atoms with van der Waals surface area (Å²) in [6, 6.07) is 61.7.